The Labute approximate surface area is 121 Å². The Hall–Kier alpha value is -1.87. The number of aromatic nitrogens is 1. The fraction of sp³-hybridized carbons (Fsp3) is 0.353. The highest BCUT2D eigenvalue weighted by Gasteiger charge is 2.11. The summed E-state index contributed by atoms with van der Waals surface area (Å²) in [6.07, 6.45) is 3.79. The van der Waals surface area contributed by atoms with E-state index < -0.39 is 0 Å². The molecular formula is C17H23N3. The normalized spacial score (nSPS) is 10.6. The molecule has 1 aromatic carbocycles. The van der Waals surface area contributed by atoms with E-state index in [9.17, 15) is 0 Å². The predicted octanol–water partition coefficient (Wildman–Crippen LogP) is 3.58. The van der Waals surface area contributed by atoms with Crippen molar-refractivity contribution < 1.29 is 0 Å². The standard InChI is InChI=1S/C17H23N3/c1-5-18-11-15-8-9-19-12-17(15)20(4)16-7-6-13(2)10-14(16)3/h6-10,12,18H,5,11H2,1-4H3. The Morgan fingerprint density at radius 1 is 1.15 bits per heavy atom. The van der Waals surface area contributed by atoms with E-state index in [1.165, 1.54) is 22.4 Å². The molecule has 1 heterocycles. The number of hydrogen-bond donors (Lipinski definition) is 1. The van der Waals surface area contributed by atoms with Crippen LogP contribution in [-0.2, 0) is 6.54 Å². The van der Waals surface area contributed by atoms with Gasteiger partial charge in [0.1, 0.15) is 0 Å². The number of nitrogens with one attached hydrogen (secondary N) is 1. The lowest BCUT2D eigenvalue weighted by Gasteiger charge is -2.24. The molecule has 3 nitrogen and oxygen atoms in total. The lowest BCUT2D eigenvalue weighted by molar-refractivity contribution is 0.725. The van der Waals surface area contributed by atoms with Crippen molar-refractivity contribution in [3.8, 4) is 0 Å². The van der Waals surface area contributed by atoms with Crippen LogP contribution in [0.3, 0.4) is 0 Å². The lowest BCUT2D eigenvalue weighted by atomic mass is 10.1. The van der Waals surface area contributed by atoms with Gasteiger partial charge in [0, 0.05) is 25.5 Å². The van der Waals surface area contributed by atoms with E-state index in [1.807, 2.05) is 12.4 Å². The molecule has 1 aromatic heterocycles. The quantitative estimate of drug-likeness (QED) is 0.899. The van der Waals surface area contributed by atoms with E-state index in [0.29, 0.717) is 0 Å². The predicted molar refractivity (Wildman–Crippen MR) is 85.6 cm³/mol. The molecule has 3 heteroatoms. The molecule has 1 N–H and O–H groups in total. The Morgan fingerprint density at radius 2 is 1.95 bits per heavy atom. The Kier molecular flexibility index (Phi) is 4.74. The average Bonchev–Trinajstić information content (AvgIpc) is 2.45. The van der Waals surface area contributed by atoms with Gasteiger partial charge in [-0.05, 0) is 43.7 Å². The van der Waals surface area contributed by atoms with Gasteiger partial charge in [-0.15, -0.1) is 0 Å². The summed E-state index contributed by atoms with van der Waals surface area (Å²) in [5, 5.41) is 3.38. The van der Waals surface area contributed by atoms with E-state index in [-0.39, 0.29) is 0 Å². The van der Waals surface area contributed by atoms with Gasteiger partial charge in [-0.25, -0.2) is 0 Å². The van der Waals surface area contributed by atoms with E-state index in [4.69, 9.17) is 0 Å². The van der Waals surface area contributed by atoms with Crippen LogP contribution in [0.5, 0.6) is 0 Å². The maximum absolute atomic E-state index is 4.28. The SMILES string of the molecule is CCNCc1ccncc1N(C)c1ccc(C)cc1C. The summed E-state index contributed by atoms with van der Waals surface area (Å²) in [5.41, 5.74) is 6.22. The molecule has 0 fully saturated rings. The molecule has 0 saturated heterocycles. The lowest BCUT2D eigenvalue weighted by Crippen LogP contribution is -2.18. The minimum Gasteiger partial charge on any atom is -0.343 e. The van der Waals surface area contributed by atoms with E-state index in [1.54, 1.807) is 0 Å². The molecule has 0 bridgehead atoms. The number of benzene rings is 1. The molecule has 0 radical (unpaired) electrons. The Balaban J connectivity index is 2.35. The summed E-state index contributed by atoms with van der Waals surface area (Å²) in [6, 6.07) is 8.62. The van der Waals surface area contributed by atoms with Gasteiger partial charge in [-0.3, -0.25) is 4.98 Å². The summed E-state index contributed by atoms with van der Waals surface area (Å²) >= 11 is 0. The van der Waals surface area contributed by atoms with Crippen LogP contribution in [0.15, 0.2) is 36.7 Å². The van der Waals surface area contributed by atoms with Gasteiger partial charge in [-0.2, -0.15) is 0 Å². The summed E-state index contributed by atoms with van der Waals surface area (Å²) in [4.78, 5) is 6.49. The summed E-state index contributed by atoms with van der Waals surface area (Å²) in [7, 11) is 2.10. The van der Waals surface area contributed by atoms with Crippen molar-refractivity contribution in [3.63, 3.8) is 0 Å². The van der Waals surface area contributed by atoms with Crippen molar-refractivity contribution in [3.05, 3.63) is 53.3 Å². The summed E-state index contributed by atoms with van der Waals surface area (Å²) in [5.74, 6) is 0. The Morgan fingerprint density at radius 3 is 2.65 bits per heavy atom. The first-order valence-electron chi connectivity index (χ1n) is 7.08. The highest BCUT2D eigenvalue weighted by atomic mass is 15.1. The van der Waals surface area contributed by atoms with Crippen molar-refractivity contribution >= 4 is 11.4 Å². The second-order valence-electron chi connectivity index (χ2n) is 5.13. The maximum Gasteiger partial charge on any atom is 0.0640 e. The number of aryl methyl sites for hydroxylation is 2. The smallest absolute Gasteiger partial charge is 0.0640 e. The molecule has 0 aliphatic heterocycles. The van der Waals surface area contributed by atoms with Crippen LogP contribution in [0, 0.1) is 13.8 Å². The van der Waals surface area contributed by atoms with Gasteiger partial charge in [0.15, 0.2) is 0 Å². The van der Waals surface area contributed by atoms with Crippen LogP contribution in [0.2, 0.25) is 0 Å². The fourth-order valence-corrected chi connectivity index (χ4v) is 2.44. The second kappa shape index (κ2) is 6.53. The van der Waals surface area contributed by atoms with Crippen molar-refractivity contribution in [1.82, 2.24) is 10.3 Å². The van der Waals surface area contributed by atoms with E-state index in [2.05, 4.69) is 67.3 Å². The molecule has 0 aliphatic carbocycles. The van der Waals surface area contributed by atoms with Crippen molar-refractivity contribution in [2.45, 2.75) is 27.3 Å². The number of anilines is 2. The van der Waals surface area contributed by atoms with Crippen LogP contribution < -0.4 is 10.2 Å². The third kappa shape index (κ3) is 3.17. The number of rotatable bonds is 5. The maximum atomic E-state index is 4.28. The van der Waals surface area contributed by atoms with E-state index >= 15 is 0 Å². The van der Waals surface area contributed by atoms with Gasteiger partial charge < -0.3 is 10.2 Å². The van der Waals surface area contributed by atoms with Crippen LogP contribution in [0.25, 0.3) is 0 Å². The summed E-state index contributed by atoms with van der Waals surface area (Å²) in [6.45, 7) is 8.23. The molecule has 0 amide bonds. The highest BCUT2D eigenvalue weighted by molar-refractivity contribution is 5.67. The first-order valence-corrected chi connectivity index (χ1v) is 7.08. The van der Waals surface area contributed by atoms with Crippen molar-refractivity contribution in [2.24, 2.45) is 0 Å². The van der Waals surface area contributed by atoms with Crippen LogP contribution in [0.1, 0.15) is 23.6 Å². The third-order valence-electron chi connectivity index (χ3n) is 3.53. The molecular weight excluding hydrogens is 246 g/mol. The second-order valence-corrected chi connectivity index (χ2v) is 5.13. The van der Waals surface area contributed by atoms with Gasteiger partial charge in [0.25, 0.3) is 0 Å². The molecule has 2 aromatic rings. The van der Waals surface area contributed by atoms with E-state index in [0.717, 1.165) is 18.8 Å². The van der Waals surface area contributed by atoms with Crippen LogP contribution in [0.4, 0.5) is 11.4 Å². The van der Waals surface area contributed by atoms with Gasteiger partial charge in [0.2, 0.25) is 0 Å². The molecule has 20 heavy (non-hydrogen) atoms. The topological polar surface area (TPSA) is 28.2 Å². The molecule has 0 saturated carbocycles. The van der Waals surface area contributed by atoms with Crippen LogP contribution in [-0.4, -0.2) is 18.6 Å². The summed E-state index contributed by atoms with van der Waals surface area (Å²) < 4.78 is 0. The van der Waals surface area contributed by atoms with Gasteiger partial charge >= 0.3 is 0 Å². The fourth-order valence-electron chi connectivity index (χ4n) is 2.44. The zero-order valence-corrected chi connectivity index (χ0v) is 12.8. The minimum atomic E-state index is 0.865. The molecule has 0 aliphatic rings. The monoisotopic (exact) mass is 269 g/mol. The van der Waals surface area contributed by atoms with Gasteiger partial charge in [-0.1, -0.05) is 24.6 Å². The number of pyridine rings is 1. The Bertz CT molecular complexity index is 578. The molecule has 0 atom stereocenters. The first-order chi connectivity index (χ1) is 9.63. The first kappa shape index (κ1) is 14.5. The molecule has 0 spiro atoms. The largest absolute Gasteiger partial charge is 0.343 e. The number of nitrogens with zero attached hydrogens (tertiary/aromatic N) is 2. The molecule has 2 rings (SSSR count). The number of hydrogen-bond acceptors (Lipinski definition) is 3. The van der Waals surface area contributed by atoms with Crippen molar-refractivity contribution in [1.29, 1.82) is 0 Å². The zero-order chi connectivity index (χ0) is 14.5. The minimum absolute atomic E-state index is 0.865. The third-order valence-corrected chi connectivity index (χ3v) is 3.53. The van der Waals surface area contributed by atoms with Crippen LogP contribution >= 0.6 is 0 Å². The highest BCUT2D eigenvalue weighted by Crippen LogP contribution is 2.29. The zero-order valence-electron chi connectivity index (χ0n) is 12.8. The average molecular weight is 269 g/mol. The molecule has 0 unspecified atom stereocenters. The molecule has 106 valence electrons. The van der Waals surface area contributed by atoms with Gasteiger partial charge in [0.05, 0.1) is 11.9 Å². The van der Waals surface area contributed by atoms with Crippen molar-refractivity contribution in [2.75, 3.05) is 18.5 Å².